The predicted molar refractivity (Wildman–Crippen MR) is 106 cm³/mol. The van der Waals surface area contributed by atoms with Gasteiger partial charge in [0.2, 0.25) is 0 Å². The summed E-state index contributed by atoms with van der Waals surface area (Å²) >= 11 is 4.08. The highest BCUT2D eigenvalue weighted by Crippen LogP contribution is 2.30. The molecule has 0 bridgehead atoms. The summed E-state index contributed by atoms with van der Waals surface area (Å²) in [4.78, 5) is 19.2. The lowest BCUT2D eigenvalue weighted by Gasteiger charge is -2.29. The molecule has 2 aliphatic rings. The lowest BCUT2D eigenvalue weighted by molar-refractivity contribution is 0.768. The van der Waals surface area contributed by atoms with Gasteiger partial charge >= 0.3 is 0 Å². The normalized spacial score (nSPS) is 20.0. The van der Waals surface area contributed by atoms with E-state index in [0.717, 1.165) is 54.7 Å². The largest absolute Gasteiger partial charge is 0.353 e. The van der Waals surface area contributed by atoms with Crippen LogP contribution in [-0.2, 0) is 0 Å². The van der Waals surface area contributed by atoms with Crippen molar-refractivity contribution in [2.24, 2.45) is 0 Å². The van der Waals surface area contributed by atoms with E-state index < -0.39 is 0 Å². The molecule has 2 aromatic rings. The Hall–Kier alpha value is -1.21. The lowest BCUT2D eigenvalue weighted by atomic mass is 10.3. The van der Waals surface area contributed by atoms with Gasteiger partial charge in [0.1, 0.15) is 5.52 Å². The first-order valence-electron chi connectivity index (χ1n) is 8.70. The van der Waals surface area contributed by atoms with Crippen molar-refractivity contribution in [1.82, 2.24) is 15.0 Å². The summed E-state index contributed by atoms with van der Waals surface area (Å²) < 4.78 is 0. The van der Waals surface area contributed by atoms with Crippen molar-refractivity contribution in [2.45, 2.75) is 12.8 Å². The molecule has 0 saturated carbocycles. The van der Waals surface area contributed by atoms with Gasteiger partial charge in [-0.25, -0.2) is 15.0 Å². The Morgan fingerprint density at radius 3 is 2.17 bits per heavy atom. The van der Waals surface area contributed by atoms with E-state index in [2.05, 4.69) is 14.8 Å². The van der Waals surface area contributed by atoms with Gasteiger partial charge in [-0.2, -0.15) is 23.5 Å². The van der Waals surface area contributed by atoms with Gasteiger partial charge in [-0.3, -0.25) is 0 Å². The van der Waals surface area contributed by atoms with E-state index >= 15 is 0 Å². The highest BCUT2D eigenvalue weighted by atomic mass is 32.2. The minimum atomic E-state index is 0.761. The SMILES string of the molecule is c1cnc2nc(N3CCCSCC3)c(N3CCCSCC3)nc2c1. The molecule has 5 nitrogen and oxygen atoms in total. The summed E-state index contributed by atoms with van der Waals surface area (Å²) in [5, 5.41) is 0. The van der Waals surface area contributed by atoms with Gasteiger partial charge in [0.25, 0.3) is 0 Å². The molecule has 0 spiro atoms. The average Bonchev–Trinajstić information content (AvgIpc) is 3.06. The Kier molecular flexibility index (Phi) is 5.27. The van der Waals surface area contributed by atoms with Gasteiger partial charge in [-0.15, -0.1) is 0 Å². The highest BCUT2D eigenvalue weighted by Gasteiger charge is 2.22. The van der Waals surface area contributed by atoms with Crippen LogP contribution in [0.1, 0.15) is 12.8 Å². The lowest BCUT2D eigenvalue weighted by Crippen LogP contribution is -2.33. The fourth-order valence-corrected chi connectivity index (χ4v) is 4.99. The summed E-state index contributed by atoms with van der Waals surface area (Å²) in [6.45, 7) is 4.24. The van der Waals surface area contributed by atoms with E-state index in [1.165, 1.54) is 30.1 Å². The number of pyridine rings is 1. The fraction of sp³-hybridized carbons (Fsp3) is 0.588. The summed E-state index contributed by atoms with van der Waals surface area (Å²) in [7, 11) is 0. The molecule has 4 heterocycles. The fourth-order valence-electron chi connectivity index (χ4n) is 3.22. The molecule has 2 aliphatic heterocycles. The van der Waals surface area contributed by atoms with Gasteiger partial charge in [0.15, 0.2) is 17.3 Å². The smallest absolute Gasteiger partial charge is 0.180 e. The van der Waals surface area contributed by atoms with Gasteiger partial charge in [0.05, 0.1) is 0 Å². The van der Waals surface area contributed by atoms with Crippen LogP contribution in [0.25, 0.3) is 11.2 Å². The van der Waals surface area contributed by atoms with Crippen molar-refractivity contribution in [2.75, 3.05) is 59.0 Å². The van der Waals surface area contributed by atoms with Crippen molar-refractivity contribution in [3.05, 3.63) is 18.3 Å². The maximum atomic E-state index is 4.99. The third-order valence-electron chi connectivity index (χ3n) is 4.45. The quantitative estimate of drug-likeness (QED) is 0.815. The predicted octanol–water partition coefficient (Wildman–Crippen LogP) is 2.91. The van der Waals surface area contributed by atoms with E-state index in [9.17, 15) is 0 Å². The van der Waals surface area contributed by atoms with Crippen LogP contribution in [0, 0.1) is 0 Å². The Morgan fingerprint density at radius 1 is 0.792 bits per heavy atom. The van der Waals surface area contributed by atoms with Crippen LogP contribution in [0.4, 0.5) is 11.6 Å². The van der Waals surface area contributed by atoms with E-state index in [-0.39, 0.29) is 0 Å². The van der Waals surface area contributed by atoms with Gasteiger partial charge < -0.3 is 9.80 Å². The second-order valence-electron chi connectivity index (χ2n) is 6.12. The Morgan fingerprint density at radius 2 is 1.46 bits per heavy atom. The van der Waals surface area contributed by atoms with Crippen LogP contribution in [0.3, 0.4) is 0 Å². The van der Waals surface area contributed by atoms with Crippen molar-refractivity contribution >= 4 is 46.3 Å². The third-order valence-corrected chi connectivity index (χ3v) is 6.55. The van der Waals surface area contributed by atoms with Gasteiger partial charge in [0, 0.05) is 43.9 Å². The number of thioether (sulfide) groups is 2. The minimum Gasteiger partial charge on any atom is -0.353 e. The first kappa shape index (κ1) is 16.3. The first-order chi connectivity index (χ1) is 11.9. The molecule has 2 saturated heterocycles. The van der Waals surface area contributed by atoms with Crippen LogP contribution >= 0.6 is 23.5 Å². The minimum absolute atomic E-state index is 0.761. The van der Waals surface area contributed by atoms with E-state index in [1.54, 1.807) is 6.20 Å². The molecule has 0 unspecified atom stereocenters. The van der Waals surface area contributed by atoms with Gasteiger partial charge in [-0.05, 0) is 36.5 Å². The van der Waals surface area contributed by atoms with Crippen molar-refractivity contribution < 1.29 is 0 Å². The molecular weight excluding hydrogens is 338 g/mol. The van der Waals surface area contributed by atoms with E-state index in [1.807, 2.05) is 35.7 Å². The number of nitrogens with zero attached hydrogens (tertiary/aromatic N) is 5. The molecule has 0 amide bonds. The molecule has 0 radical (unpaired) electrons. The summed E-state index contributed by atoms with van der Waals surface area (Å²) in [6, 6.07) is 3.97. The molecule has 2 aromatic heterocycles. The first-order valence-corrected chi connectivity index (χ1v) is 11.0. The monoisotopic (exact) mass is 361 g/mol. The molecular formula is C17H23N5S2. The number of rotatable bonds is 2. The van der Waals surface area contributed by atoms with E-state index in [4.69, 9.17) is 9.97 Å². The molecule has 4 rings (SSSR count). The Labute approximate surface area is 151 Å². The molecule has 0 atom stereocenters. The van der Waals surface area contributed by atoms with Crippen LogP contribution in [0.15, 0.2) is 18.3 Å². The number of aromatic nitrogens is 3. The maximum Gasteiger partial charge on any atom is 0.180 e. The number of anilines is 2. The van der Waals surface area contributed by atoms with Crippen molar-refractivity contribution in [3.63, 3.8) is 0 Å². The zero-order chi connectivity index (χ0) is 16.2. The molecule has 2 fully saturated rings. The van der Waals surface area contributed by atoms with Crippen LogP contribution in [-0.4, -0.2) is 64.1 Å². The summed E-state index contributed by atoms with van der Waals surface area (Å²) in [5.74, 6) is 6.92. The standard InChI is InChI=1S/C17H23N5S2/c1-4-14-15(18-5-1)20-17(22-7-3-11-24-13-9-22)16(19-14)21-6-2-10-23-12-8-21/h1,4-5H,2-3,6-13H2. The number of hydrogen-bond acceptors (Lipinski definition) is 7. The topological polar surface area (TPSA) is 45.2 Å². The second kappa shape index (κ2) is 7.78. The highest BCUT2D eigenvalue weighted by molar-refractivity contribution is 7.99. The maximum absolute atomic E-state index is 4.99. The van der Waals surface area contributed by atoms with E-state index in [0.29, 0.717) is 0 Å². The van der Waals surface area contributed by atoms with Crippen molar-refractivity contribution in [3.8, 4) is 0 Å². The second-order valence-corrected chi connectivity index (χ2v) is 8.57. The Balaban J connectivity index is 1.77. The third kappa shape index (κ3) is 3.57. The number of fused-ring (bicyclic) bond motifs is 1. The molecule has 128 valence electrons. The number of hydrogen-bond donors (Lipinski definition) is 0. The average molecular weight is 362 g/mol. The molecule has 7 heteroatoms. The zero-order valence-electron chi connectivity index (χ0n) is 13.9. The molecule has 0 aliphatic carbocycles. The molecule has 0 N–H and O–H groups in total. The molecule has 24 heavy (non-hydrogen) atoms. The summed E-state index contributed by atoms with van der Waals surface area (Å²) in [5.41, 5.74) is 1.66. The Bertz CT molecular complexity index is 621. The van der Waals surface area contributed by atoms with Crippen molar-refractivity contribution in [1.29, 1.82) is 0 Å². The van der Waals surface area contributed by atoms with Crippen LogP contribution in [0.2, 0.25) is 0 Å². The van der Waals surface area contributed by atoms with Crippen LogP contribution in [0.5, 0.6) is 0 Å². The van der Waals surface area contributed by atoms with Gasteiger partial charge in [-0.1, -0.05) is 0 Å². The summed E-state index contributed by atoms with van der Waals surface area (Å²) in [6.07, 6.45) is 4.23. The zero-order valence-corrected chi connectivity index (χ0v) is 15.5. The van der Waals surface area contributed by atoms with Crippen LogP contribution < -0.4 is 9.80 Å². The molecule has 0 aromatic carbocycles.